The third kappa shape index (κ3) is 2.18. The zero-order chi connectivity index (χ0) is 9.19. The highest BCUT2D eigenvalue weighted by Gasteiger charge is 2.51. The van der Waals surface area contributed by atoms with Gasteiger partial charge in [-0.05, 0) is 33.6 Å². The molecule has 12 heavy (non-hydrogen) atoms. The van der Waals surface area contributed by atoms with Crippen LogP contribution in [0.1, 0.15) is 33.6 Å². The Balaban J connectivity index is 2.25. The van der Waals surface area contributed by atoms with Gasteiger partial charge in [-0.2, -0.15) is 0 Å². The molecule has 1 heterocycles. The molecule has 0 N–H and O–H groups in total. The first kappa shape index (κ1) is 9.46. The fourth-order valence-corrected chi connectivity index (χ4v) is 1.28. The fraction of sp³-hybridized carbons (Fsp3) is 0.700. The number of rotatable bonds is 4. The van der Waals surface area contributed by atoms with E-state index >= 15 is 0 Å². The first-order valence-corrected chi connectivity index (χ1v) is 4.35. The van der Waals surface area contributed by atoms with Crippen molar-refractivity contribution in [3.05, 3.63) is 11.6 Å². The minimum absolute atomic E-state index is 0.150. The summed E-state index contributed by atoms with van der Waals surface area (Å²) in [5.41, 5.74) is 1.16. The molecule has 0 bridgehead atoms. The maximum Gasteiger partial charge on any atom is 0.151 e. The molecule has 0 amide bonds. The van der Waals surface area contributed by atoms with Crippen LogP contribution in [0.3, 0.4) is 0 Å². The molecule has 0 aromatic rings. The fourth-order valence-electron chi connectivity index (χ4n) is 1.28. The van der Waals surface area contributed by atoms with Gasteiger partial charge in [0, 0.05) is 0 Å². The van der Waals surface area contributed by atoms with Crippen molar-refractivity contribution in [3.8, 4) is 0 Å². The minimum Gasteiger partial charge on any atom is -0.358 e. The van der Waals surface area contributed by atoms with Crippen molar-refractivity contribution < 1.29 is 9.53 Å². The van der Waals surface area contributed by atoms with Crippen molar-refractivity contribution in [2.75, 3.05) is 0 Å². The van der Waals surface area contributed by atoms with Gasteiger partial charge in [-0.15, -0.1) is 0 Å². The van der Waals surface area contributed by atoms with Crippen molar-refractivity contribution in [1.82, 2.24) is 0 Å². The molecule has 1 saturated heterocycles. The SMILES string of the molecule is CC(C)=CCC[C@]1(C)O[C@H]1C=O. The highest BCUT2D eigenvalue weighted by Crippen LogP contribution is 2.38. The van der Waals surface area contributed by atoms with Crippen LogP contribution in [-0.2, 0) is 9.53 Å². The lowest BCUT2D eigenvalue weighted by Gasteiger charge is -2.01. The third-order valence-corrected chi connectivity index (χ3v) is 2.26. The summed E-state index contributed by atoms with van der Waals surface area (Å²) in [6, 6.07) is 0. The highest BCUT2D eigenvalue weighted by molar-refractivity contribution is 5.62. The van der Waals surface area contributed by atoms with Crippen LogP contribution in [0.25, 0.3) is 0 Å². The number of allylic oxidation sites excluding steroid dienone is 2. The maximum atomic E-state index is 10.3. The van der Waals surface area contributed by atoms with Crippen molar-refractivity contribution in [2.24, 2.45) is 0 Å². The number of carbonyl (C=O) groups is 1. The van der Waals surface area contributed by atoms with Gasteiger partial charge in [0.25, 0.3) is 0 Å². The Morgan fingerprint density at radius 2 is 2.25 bits per heavy atom. The summed E-state index contributed by atoms with van der Waals surface area (Å²) < 4.78 is 5.24. The largest absolute Gasteiger partial charge is 0.358 e. The average Bonchev–Trinajstić information content (AvgIpc) is 2.61. The van der Waals surface area contributed by atoms with Crippen LogP contribution in [0.15, 0.2) is 11.6 Å². The first-order chi connectivity index (χ1) is 5.58. The van der Waals surface area contributed by atoms with Gasteiger partial charge in [0.05, 0.1) is 5.60 Å². The molecule has 68 valence electrons. The van der Waals surface area contributed by atoms with E-state index in [9.17, 15) is 4.79 Å². The predicted molar refractivity (Wildman–Crippen MR) is 48.0 cm³/mol. The molecule has 0 unspecified atom stereocenters. The Morgan fingerprint density at radius 3 is 2.67 bits per heavy atom. The van der Waals surface area contributed by atoms with Crippen LogP contribution in [0, 0.1) is 0 Å². The monoisotopic (exact) mass is 168 g/mol. The standard InChI is InChI=1S/C10H16O2/c1-8(2)5-4-6-10(3)9(7-11)12-10/h5,7,9H,4,6H2,1-3H3/t9-,10-/m0/s1. The Labute approximate surface area is 73.6 Å². The molecule has 1 aliphatic heterocycles. The van der Waals surface area contributed by atoms with Gasteiger partial charge in [-0.1, -0.05) is 11.6 Å². The van der Waals surface area contributed by atoms with Crippen molar-refractivity contribution in [3.63, 3.8) is 0 Å². The molecule has 2 atom stereocenters. The molecule has 0 saturated carbocycles. The van der Waals surface area contributed by atoms with E-state index in [1.807, 2.05) is 6.92 Å². The number of hydrogen-bond donors (Lipinski definition) is 0. The van der Waals surface area contributed by atoms with Gasteiger partial charge in [0.1, 0.15) is 6.10 Å². The van der Waals surface area contributed by atoms with E-state index in [1.54, 1.807) is 0 Å². The summed E-state index contributed by atoms with van der Waals surface area (Å²) >= 11 is 0. The number of ether oxygens (including phenoxy) is 1. The third-order valence-electron chi connectivity index (χ3n) is 2.26. The lowest BCUT2D eigenvalue weighted by molar-refractivity contribution is -0.108. The summed E-state index contributed by atoms with van der Waals surface area (Å²) in [5.74, 6) is 0. The molecule has 2 heteroatoms. The van der Waals surface area contributed by atoms with Gasteiger partial charge in [-0.3, -0.25) is 0 Å². The smallest absolute Gasteiger partial charge is 0.151 e. The number of epoxide rings is 1. The van der Waals surface area contributed by atoms with Gasteiger partial charge in [-0.25, -0.2) is 0 Å². The van der Waals surface area contributed by atoms with Gasteiger partial charge >= 0.3 is 0 Å². The Morgan fingerprint density at radius 1 is 1.58 bits per heavy atom. The lowest BCUT2D eigenvalue weighted by Crippen LogP contribution is -2.09. The normalized spacial score (nSPS) is 32.8. The molecular formula is C10H16O2. The Hall–Kier alpha value is -0.630. The van der Waals surface area contributed by atoms with E-state index in [0.717, 1.165) is 19.1 Å². The van der Waals surface area contributed by atoms with Crippen molar-refractivity contribution in [1.29, 1.82) is 0 Å². The predicted octanol–water partition coefficient (Wildman–Crippen LogP) is 2.09. The second-order valence-corrected chi connectivity index (χ2v) is 3.81. The Bertz CT molecular complexity index is 204. The van der Waals surface area contributed by atoms with Crippen LogP contribution < -0.4 is 0 Å². The van der Waals surface area contributed by atoms with Crippen LogP contribution in [-0.4, -0.2) is 18.0 Å². The van der Waals surface area contributed by atoms with Crippen LogP contribution in [0.4, 0.5) is 0 Å². The molecule has 0 radical (unpaired) electrons. The molecule has 0 aliphatic carbocycles. The van der Waals surface area contributed by atoms with E-state index in [4.69, 9.17) is 4.74 Å². The van der Waals surface area contributed by atoms with E-state index in [-0.39, 0.29) is 11.7 Å². The molecule has 1 fully saturated rings. The van der Waals surface area contributed by atoms with Crippen molar-refractivity contribution in [2.45, 2.75) is 45.3 Å². The number of carbonyl (C=O) groups excluding carboxylic acids is 1. The Kier molecular flexibility index (Phi) is 2.68. The topological polar surface area (TPSA) is 29.6 Å². The minimum atomic E-state index is -0.159. The molecular weight excluding hydrogens is 152 g/mol. The second-order valence-electron chi connectivity index (χ2n) is 3.81. The summed E-state index contributed by atoms with van der Waals surface area (Å²) in [5, 5.41) is 0. The molecule has 0 spiro atoms. The van der Waals surface area contributed by atoms with Crippen LogP contribution in [0.2, 0.25) is 0 Å². The van der Waals surface area contributed by atoms with E-state index in [0.29, 0.717) is 0 Å². The summed E-state index contributed by atoms with van der Waals surface area (Å²) in [4.78, 5) is 10.3. The average molecular weight is 168 g/mol. The second kappa shape index (κ2) is 3.40. The summed E-state index contributed by atoms with van der Waals surface area (Å²) in [7, 11) is 0. The quantitative estimate of drug-likeness (QED) is 0.365. The summed E-state index contributed by atoms with van der Waals surface area (Å²) in [6.07, 6.45) is 4.87. The highest BCUT2D eigenvalue weighted by atomic mass is 16.6. The van der Waals surface area contributed by atoms with Crippen LogP contribution in [0.5, 0.6) is 0 Å². The van der Waals surface area contributed by atoms with Gasteiger partial charge < -0.3 is 9.53 Å². The van der Waals surface area contributed by atoms with E-state index in [1.165, 1.54) is 5.57 Å². The first-order valence-electron chi connectivity index (χ1n) is 4.35. The van der Waals surface area contributed by atoms with Gasteiger partial charge in [0.2, 0.25) is 0 Å². The maximum absolute atomic E-state index is 10.3. The molecule has 0 aromatic heterocycles. The van der Waals surface area contributed by atoms with Gasteiger partial charge in [0.15, 0.2) is 6.29 Å². The molecule has 1 aliphatic rings. The molecule has 0 aromatic carbocycles. The number of hydrogen-bond acceptors (Lipinski definition) is 2. The van der Waals surface area contributed by atoms with Crippen molar-refractivity contribution >= 4 is 6.29 Å². The van der Waals surface area contributed by atoms with Crippen LogP contribution >= 0.6 is 0 Å². The van der Waals surface area contributed by atoms with E-state index < -0.39 is 0 Å². The zero-order valence-corrected chi connectivity index (χ0v) is 7.96. The number of aldehydes is 1. The molecule has 2 nitrogen and oxygen atoms in total. The molecule has 1 rings (SSSR count). The van der Waals surface area contributed by atoms with E-state index in [2.05, 4.69) is 19.9 Å². The summed E-state index contributed by atoms with van der Waals surface area (Å²) in [6.45, 7) is 6.14. The lowest BCUT2D eigenvalue weighted by atomic mass is 10.0. The zero-order valence-electron chi connectivity index (χ0n) is 7.96.